The highest BCUT2D eigenvalue weighted by atomic mass is 16.5. The average Bonchev–Trinajstić information content (AvgIpc) is 2.99. The molecule has 1 unspecified atom stereocenters. The van der Waals surface area contributed by atoms with Gasteiger partial charge in [0.25, 0.3) is 0 Å². The minimum Gasteiger partial charge on any atom is -0.381 e. The third-order valence-electron chi connectivity index (χ3n) is 4.20. The van der Waals surface area contributed by atoms with E-state index in [0.29, 0.717) is 16.9 Å². The lowest BCUT2D eigenvalue weighted by molar-refractivity contribution is 0.0327. The van der Waals surface area contributed by atoms with Crippen molar-refractivity contribution in [3.8, 4) is 0 Å². The normalized spacial score (nSPS) is 30.8. The Hall–Kier alpha value is -0.0800. The Kier molecular flexibility index (Phi) is 6.13. The molecular weight excluding hydrogens is 224 g/mol. The van der Waals surface area contributed by atoms with Crippen molar-refractivity contribution in [1.82, 2.24) is 0 Å². The summed E-state index contributed by atoms with van der Waals surface area (Å²) in [6.45, 7) is 13.8. The molecule has 0 aromatic rings. The Bertz CT molecular complexity index is 223. The maximum absolute atomic E-state index is 5.43. The van der Waals surface area contributed by atoms with Gasteiger partial charge in [0.15, 0.2) is 0 Å². The molecule has 1 atom stereocenters. The van der Waals surface area contributed by atoms with Crippen molar-refractivity contribution < 1.29 is 9.47 Å². The minimum atomic E-state index is 0.553. The van der Waals surface area contributed by atoms with Crippen LogP contribution in [0.3, 0.4) is 0 Å². The van der Waals surface area contributed by atoms with E-state index in [0.717, 1.165) is 19.8 Å². The Balaban J connectivity index is 0.000000159. The zero-order chi connectivity index (χ0) is 13.6. The molecule has 0 radical (unpaired) electrons. The van der Waals surface area contributed by atoms with Gasteiger partial charge in [0, 0.05) is 13.2 Å². The van der Waals surface area contributed by atoms with E-state index in [1.54, 1.807) is 0 Å². The van der Waals surface area contributed by atoms with Crippen LogP contribution in [0.25, 0.3) is 0 Å². The summed E-state index contributed by atoms with van der Waals surface area (Å²) in [5.41, 5.74) is 1.25. The first kappa shape index (κ1) is 16.0. The van der Waals surface area contributed by atoms with Gasteiger partial charge in [-0.3, -0.25) is 0 Å². The van der Waals surface area contributed by atoms with Crippen molar-refractivity contribution in [3.05, 3.63) is 0 Å². The van der Waals surface area contributed by atoms with Gasteiger partial charge < -0.3 is 9.47 Å². The number of hydrogen-bond acceptors (Lipinski definition) is 2. The highest BCUT2D eigenvalue weighted by Gasteiger charge is 2.47. The monoisotopic (exact) mass is 256 g/mol. The number of ether oxygens (including phenoxy) is 2. The molecule has 18 heavy (non-hydrogen) atoms. The third kappa shape index (κ3) is 5.27. The highest BCUT2D eigenvalue weighted by molar-refractivity contribution is 4.97. The molecule has 108 valence electrons. The molecule has 2 aliphatic heterocycles. The lowest BCUT2D eigenvalue weighted by atomic mass is 9.85. The summed E-state index contributed by atoms with van der Waals surface area (Å²) in [6.07, 6.45) is 7.19. The van der Waals surface area contributed by atoms with Gasteiger partial charge >= 0.3 is 0 Å². The lowest BCUT2D eigenvalue weighted by Gasteiger charge is -2.28. The predicted molar refractivity (Wildman–Crippen MR) is 76.9 cm³/mol. The molecule has 2 heterocycles. The van der Waals surface area contributed by atoms with E-state index in [4.69, 9.17) is 9.47 Å². The molecule has 0 aromatic heterocycles. The van der Waals surface area contributed by atoms with Gasteiger partial charge in [-0.2, -0.15) is 0 Å². The van der Waals surface area contributed by atoms with Crippen molar-refractivity contribution in [2.45, 2.75) is 72.8 Å². The van der Waals surface area contributed by atoms with Crippen LogP contribution in [-0.2, 0) is 9.47 Å². The van der Waals surface area contributed by atoms with Gasteiger partial charge in [0.05, 0.1) is 12.7 Å². The summed E-state index contributed by atoms with van der Waals surface area (Å²) in [4.78, 5) is 0. The molecule has 2 nitrogen and oxygen atoms in total. The molecule has 3 aliphatic rings. The number of rotatable bonds is 0. The Morgan fingerprint density at radius 1 is 0.944 bits per heavy atom. The van der Waals surface area contributed by atoms with E-state index in [1.807, 2.05) is 13.8 Å². The fourth-order valence-corrected chi connectivity index (χ4v) is 2.50. The summed E-state index contributed by atoms with van der Waals surface area (Å²) in [5, 5.41) is 0. The van der Waals surface area contributed by atoms with Crippen LogP contribution in [0.4, 0.5) is 0 Å². The largest absolute Gasteiger partial charge is 0.381 e. The van der Waals surface area contributed by atoms with E-state index >= 15 is 0 Å². The van der Waals surface area contributed by atoms with E-state index in [2.05, 4.69) is 20.8 Å². The molecule has 1 aliphatic carbocycles. The van der Waals surface area contributed by atoms with Crippen molar-refractivity contribution in [2.75, 3.05) is 19.8 Å². The van der Waals surface area contributed by atoms with Crippen molar-refractivity contribution in [2.24, 2.45) is 10.8 Å². The van der Waals surface area contributed by atoms with E-state index < -0.39 is 0 Å². The van der Waals surface area contributed by atoms with Gasteiger partial charge in [-0.15, -0.1) is 0 Å². The number of hydrogen-bond donors (Lipinski definition) is 0. The maximum Gasteiger partial charge on any atom is 0.0553 e. The van der Waals surface area contributed by atoms with Gasteiger partial charge in [-0.1, -0.05) is 27.7 Å². The van der Waals surface area contributed by atoms with Crippen molar-refractivity contribution in [3.63, 3.8) is 0 Å². The molecule has 0 amide bonds. The molecule has 2 heteroatoms. The molecule has 1 spiro atoms. The van der Waals surface area contributed by atoms with E-state index in [1.165, 1.54) is 32.1 Å². The first-order chi connectivity index (χ1) is 8.52. The second-order valence-electron chi connectivity index (χ2n) is 6.60. The summed E-state index contributed by atoms with van der Waals surface area (Å²) in [6, 6.07) is 0. The quantitative estimate of drug-likeness (QED) is 0.638. The topological polar surface area (TPSA) is 18.5 Å². The minimum absolute atomic E-state index is 0.553. The van der Waals surface area contributed by atoms with Crippen LogP contribution < -0.4 is 0 Å². The average molecular weight is 256 g/mol. The molecule has 0 bridgehead atoms. The van der Waals surface area contributed by atoms with Gasteiger partial charge in [-0.05, 0) is 49.9 Å². The zero-order valence-electron chi connectivity index (χ0n) is 13.1. The Morgan fingerprint density at radius 2 is 1.50 bits per heavy atom. The SMILES string of the molecule is CC.CC1(C)CCOCC1.CC1CC2(CC2)CO1. The van der Waals surface area contributed by atoms with Crippen LogP contribution in [0.15, 0.2) is 0 Å². The molecule has 0 aromatic carbocycles. The first-order valence-corrected chi connectivity index (χ1v) is 7.71. The second-order valence-corrected chi connectivity index (χ2v) is 6.60. The Morgan fingerprint density at radius 3 is 1.72 bits per heavy atom. The molecule has 3 rings (SSSR count). The Labute approximate surface area is 113 Å². The van der Waals surface area contributed by atoms with Crippen LogP contribution in [0.2, 0.25) is 0 Å². The van der Waals surface area contributed by atoms with Crippen molar-refractivity contribution >= 4 is 0 Å². The molecule has 3 fully saturated rings. The molecule has 0 N–H and O–H groups in total. The summed E-state index contributed by atoms with van der Waals surface area (Å²) < 4.78 is 10.6. The van der Waals surface area contributed by atoms with Gasteiger partial charge in [-0.25, -0.2) is 0 Å². The van der Waals surface area contributed by atoms with Gasteiger partial charge in [0.2, 0.25) is 0 Å². The standard InChI is InChI=1S/C7H12O.C7H14O.C2H6/c1-6-4-7(2-3-7)5-8-6;1-7(2)3-5-8-6-4-7;1-2/h6H,2-5H2,1H3;3-6H2,1-2H3;1-2H3. The highest BCUT2D eigenvalue weighted by Crippen LogP contribution is 2.53. The maximum atomic E-state index is 5.43. The lowest BCUT2D eigenvalue weighted by Crippen LogP contribution is -2.22. The predicted octanol–water partition coefficient (Wildman–Crippen LogP) is 4.42. The van der Waals surface area contributed by atoms with Crippen LogP contribution in [0, 0.1) is 10.8 Å². The molecular formula is C16H32O2. The molecule has 2 saturated heterocycles. The van der Waals surface area contributed by atoms with Crippen LogP contribution in [0.5, 0.6) is 0 Å². The van der Waals surface area contributed by atoms with Crippen LogP contribution in [-0.4, -0.2) is 25.9 Å². The zero-order valence-corrected chi connectivity index (χ0v) is 13.1. The fourth-order valence-electron chi connectivity index (χ4n) is 2.50. The smallest absolute Gasteiger partial charge is 0.0553 e. The third-order valence-corrected chi connectivity index (χ3v) is 4.20. The second kappa shape index (κ2) is 6.91. The van der Waals surface area contributed by atoms with E-state index in [-0.39, 0.29) is 0 Å². The summed E-state index contributed by atoms with van der Waals surface area (Å²) >= 11 is 0. The van der Waals surface area contributed by atoms with Crippen LogP contribution in [0.1, 0.15) is 66.7 Å². The summed E-state index contributed by atoms with van der Waals surface area (Å²) in [7, 11) is 0. The van der Waals surface area contributed by atoms with Crippen LogP contribution >= 0.6 is 0 Å². The first-order valence-electron chi connectivity index (χ1n) is 7.71. The van der Waals surface area contributed by atoms with Crippen molar-refractivity contribution in [1.29, 1.82) is 0 Å². The molecule has 1 saturated carbocycles. The van der Waals surface area contributed by atoms with E-state index in [9.17, 15) is 0 Å². The summed E-state index contributed by atoms with van der Waals surface area (Å²) in [5.74, 6) is 0. The van der Waals surface area contributed by atoms with Gasteiger partial charge in [0.1, 0.15) is 0 Å². The fraction of sp³-hybridized carbons (Fsp3) is 1.00.